The van der Waals surface area contributed by atoms with Crippen LogP contribution in [0.1, 0.15) is 23.8 Å². The number of nitrogens with one attached hydrogen (secondary N) is 2. The van der Waals surface area contributed by atoms with Gasteiger partial charge in [-0.2, -0.15) is 0 Å². The molecule has 3 heterocycles. The zero-order chi connectivity index (χ0) is 15.2. The first-order valence-electron chi connectivity index (χ1n) is 7.55. The summed E-state index contributed by atoms with van der Waals surface area (Å²) in [5.74, 6) is 0. The number of aromatic nitrogens is 1. The molecule has 116 valence electrons. The van der Waals surface area contributed by atoms with Gasteiger partial charge < -0.3 is 10.6 Å². The summed E-state index contributed by atoms with van der Waals surface area (Å²) in [7, 11) is 0. The average Bonchev–Trinajstić information content (AvgIpc) is 3.22. The Morgan fingerprint density at radius 1 is 1.32 bits per heavy atom. The number of anilines is 1. The van der Waals surface area contributed by atoms with E-state index in [1.165, 1.54) is 17.7 Å². The molecule has 0 aromatic carbocycles. The number of amides is 2. The standard InChI is InChI=1S/C16H20N4OS/c21-16(19-13-5-3-7-17-11-13)18-12-14(15-6-4-10-22-15)20-8-1-2-9-20/h3-7,10-11,14H,1-2,8-9,12H2,(H2,18,19,21). The Labute approximate surface area is 134 Å². The van der Waals surface area contributed by atoms with Crippen molar-refractivity contribution in [1.82, 2.24) is 15.2 Å². The molecule has 1 saturated heterocycles. The predicted octanol–water partition coefficient (Wildman–Crippen LogP) is 3.10. The van der Waals surface area contributed by atoms with Gasteiger partial charge in [-0.1, -0.05) is 6.07 Å². The summed E-state index contributed by atoms with van der Waals surface area (Å²) in [6.45, 7) is 2.83. The minimum Gasteiger partial charge on any atom is -0.336 e. The van der Waals surface area contributed by atoms with Crippen LogP contribution in [0.2, 0.25) is 0 Å². The third-order valence-electron chi connectivity index (χ3n) is 3.83. The second-order valence-electron chi connectivity index (χ2n) is 5.35. The fraction of sp³-hybridized carbons (Fsp3) is 0.375. The molecule has 1 atom stereocenters. The topological polar surface area (TPSA) is 57.3 Å². The van der Waals surface area contributed by atoms with Crippen molar-refractivity contribution in [3.8, 4) is 0 Å². The summed E-state index contributed by atoms with van der Waals surface area (Å²) in [5, 5.41) is 7.88. The highest BCUT2D eigenvalue weighted by Crippen LogP contribution is 2.27. The van der Waals surface area contributed by atoms with E-state index in [9.17, 15) is 4.79 Å². The number of pyridine rings is 1. The van der Waals surface area contributed by atoms with Crippen LogP contribution >= 0.6 is 11.3 Å². The molecule has 0 radical (unpaired) electrons. The van der Waals surface area contributed by atoms with E-state index in [1.54, 1.807) is 29.8 Å². The van der Waals surface area contributed by atoms with Gasteiger partial charge in [-0.3, -0.25) is 9.88 Å². The van der Waals surface area contributed by atoms with Crippen molar-refractivity contribution >= 4 is 23.1 Å². The maximum Gasteiger partial charge on any atom is 0.319 e. The third kappa shape index (κ3) is 3.84. The van der Waals surface area contributed by atoms with Crippen molar-refractivity contribution in [2.24, 2.45) is 0 Å². The Bertz CT molecular complexity index is 581. The molecule has 22 heavy (non-hydrogen) atoms. The summed E-state index contributed by atoms with van der Waals surface area (Å²) in [6.07, 6.45) is 5.80. The Hall–Kier alpha value is -1.92. The Balaban J connectivity index is 1.58. The fourth-order valence-electron chi connectivity index (χ4n) is 2.75. The molecule has 0 aliphatic carbocycles. The van der Waals surface area contributed by atoms with Gasteiger partial charge in [0.2, 0.25) is 0 Å². The minimum absolute atomic E-state index is 0.186. The molecule has 1 fully saturated rings. The molecule has 3 rings (SSSR count). The first-order valence-corrected chi connectivity index (χ1v) is 8.43. The first kappa shape index (κ1) is 15.0. The van der Waals surface area contributed by atoms with Crippen molar-refractivity contribution in [3.05, 3.63) is 46.9 Å². The minimum atomic E-state index is -0.186. The molecular formula is C16H20N4OS. The lowest BCUT2D eigenvalue weighted by molar-refractivity contribution is 0.229. The molecule has 1 aliphatic heterocycles. The van der Waals surface area contributed by atoms with Gasteiger partial charge in [-0.25, -0.2) is 4.79 Å². The van der Waals surface area contributed by atoms with Gasteiger partial charge in [0.05, 0.1) is 17.9 Å². The molecule has 2 amide bonds. The number of hydrogen-bond donors (Lipinski definition) is 2. The van der Waals surface area contributed by atoms with Crippen molar-refractivity contribution in [3.63, 3.8) is 0 Å². The molecule has 2 aromatic rings. The molecule has 0 saturated carbocycles. The molecule has 1 aliphatic rings. The van der Waals surface area contributed by atoms with Crippen LogP contribution in [0, 0.1) is 0 Å². The zero-order valence-electron chi connectivity index (χ0n) is 12.4. The molecule has 1 unspecified atom stereocenters. The molecule has 2 aromatic heterocycles. The second kappa shape index (κ2) is 7.38. The van der Waals surface area contributed by atoms with Gasteiger partial charge in [0.1, 0.15) is 0 Å². The Morgan fingerprint density at radius 2 is 2.18 bits per heavy atom. The molecule has 5 nitrogen and oxygen atoms in total. The number of carbonyl (C=O) groups excluding carboxylic acids is 1. The summed E-state index contributed by atoms with van der Waals surface area (Å²) in [5.41, 5.74) is 0.703. The highest BCUT2D eigenvalue weighted by atomic mass is 32.1. The maximum atomic E-state index is 12.0. The van der Waals surface area contributed by atoms with E-state index in [4.69, 9.17) is 0 Å². The Kier molecular flexibility index (Phi) is 5.03. The van der Waals surface area contributed by atoms with E-state index in [0.29, 0.717) is 12.2 Å². The number of thiophene rings is 1. The first-order chi connectivity index (χ1) is 10.8. The van der Waals surface area contributed by atoms with E-state index in [1.807, 2.05) is 6.07 Å². The van der Waals surface area contributed by atoms with Crippen LogP contribution in [0.3, 0.4) is 0 Å². The van der Waals surface area contributed by atoms with Crippen molar-refractivity contribution in [1.29, 1.82) is 0 Å². The van der Waals surface area contributed by atoms with Crippen molar-refractivity contribution < 1.29 is 4.79 Å². The smallest absolute Gasteiger partial charge is 0.319 e. The highest BCUT2D eigenvalue weighted by Gasteiger charge is 2.24. The van der Waals surface area contributed by atoms with Crippen LogP contribution in [0.15, 0.2) is 42.0 Å². The lowest BCUT2D eigenvalue weighted by Crippen LogP contribution is -2.38. The largest absolute Gasteiger partial charge is 0.336 e. The number of carbonyl (C=O) groups is 1. The van der Waals surface area contributed by atoms with Crippen LogP contribution in [0.25, 0.3) is 0 Å². The van der Waals surface area contributed by atoms with E-state index < -0.39 is 0 Å². The van der Waals surface area contributed by atoms with E-state index in [0.717, 1.165) is 13.1 Å². The number of nitrogens with zero attached hydrogens (tertiary/aromatic N) is 2. The van der Waals surface area contributed by atoms with Crippen LogP contribution < -0.4 is 10.6 Å². The van der Waals surface area contributed by atoms with E-state index >= 15 is 0 Å². The number of likely N-dealkylation sites (tertiary alicyclic amines) is 1. The predicted molar refractivity (Wildman–Crippen MR) is 89.1 cm³/mol. The van der Waals surface area contributed by atoms with Crippen molar-refractivity contribution in [2.45, 2.75) is 18.9 Å². The number of urea groups is 1. The Morgan fingerprint density at radius 3 is 2.86 bits per heavy atom. The van der Waals surface area contributed by atoms with Crippen molar-refractivity contribution in [2.75, 3.05) is 25.0 Å². The molecular weight excluding hydrogens is 296 g/mol. The molecule has 0 bridgehead atoms. The second-order valence-corrected chi connectivity index (χ2v) is 6.33. The number of hydrogen-bond acceptors (Lipinski definition) is 4. The SMILES string of the molecule is O=C(NCC(c1cccs1)N1CCCC1)Nc1cccnc1. The van der Waals surface area contributed by atoms with Crippen LogP contribution in [-0.4, -0.2) is 35.5 Å². The van der Waals surface area contributed by atoms with Gasteiger partial charge >= 0.3 is 6.03 Å². The van der Waals surface area contributed by atoms with Gasteiger partial charge in [-0.05, 0) is 49.5 Å². The van der Waals surface area contributed by atoms with Gasteiger partial charge in [0.15, 0.2) is 0 Å². The monoisotopic (exact) mass is 316 g/mol. The normalized spacial score (nSPS) is 16.4. The van der Waals surface area contributed by atoms with Gasteiger partial charge in [-0.15, -0.1) is 11.3 Å². The summed E-state index contributed by atoms with van der Waals surface area (Å²) < 4.78 is 0. The average molecular weight is 316 g/mol. The third-order valence-corrected chi connectivity index (χ3v) is 4.80. The van der Waals surface area contributed by atoms with Gasteiger partial charge in [0.25, 0.3) is 0 Å². The lowest BCUT2D eigenvalue weighted by atomic mass is 10.2. The number of rotatable bonds is 5. The summed E-state index contributed by atoms with van der Waals surface area (Å²) in [6, 6.07) is 7.92. The quantitative estimate of drug-likeness (QED) is 0.891. The summed E-state index contributed by atoms with van der Waals surface area (Å²) >= 11 is 1.75. The summed E-state index contributed by atoms with van der Waals surface area (Å²) in [4.78, 5) is 19.8. The molecule has 0 spiro atoms. The fourth-order valence-corrected chi connectivity index (χ4v) is 3.61. The van der Waals surface area contributed by atoms with Crippen LogP contribution in [0.5, 0.6) is 0 Å². The lowest BCUT2D eigenvalue weighted by Gasteiger charge is -2.26. The highest BCUT2D eigenvalue weighted by molar-refractivity contribution is 7.10. The van der Waals surface area contributed by atoms with Gasteiger partial charge in [0, 0.05) is 17.6 Å². The maximum absolute atomic E-state index is 12.0. The molecule has 2 N–H and O–H groups in total. The van der Waals surface area contributed by atoms with Crippen LogP contribution in [0.4, 0.5) is 10.5 Å². The zero-order valence-corrected chi connectivity index (χ0v) is 13.2. The molecule has 6 heteroatoms. The van der Waals surface area contributed by atoms with E-state index in [-0.39, 0.29) is 12.1 Å². The van der Waals surface area contributed by atoms with E-state index in [2.05, 4.69) is 38.0 Å². The van der Waals surface area contributed by atoms with Crippen LogP contribution in [-0.2, 0) is 0 Å².